The van der Waals surface area contributed by atoms with E-state index in [1.807, 2.05) is 0 Å². The van der Waals surface area contributed by atoms with Gasteiger partial charge in [-0.25, -0.2) is 9.89 Å². The number of nitrogens with one attached hydrogen (secondary N) is 2. The third-order valence-corrected chi connectivity index (χ3v) is 5.62. The molecule has 2 aliphatic rings. The lowest BCUT2D eigenvalue weighted by Crippen LogP contribution is -2.84. The minimum atomic E-state index is -3.80. The molecular weight excluding hydrogens is 400 g/mol. The summed E-state index contributed by atoms with van der Waals surface area (Å²) < 4.78 is 0. The molecule has 1 aromatic rings. The molecular formula is C17H24N6O7. The highest BCUT2D eigenvalue weighted by molar-refractivity contribution is 5.95. The Bertz CT molecular complexity index is 918. The Balaban J connectivity index is 2.12. The number of aromatic nitrogens is 1. The number of likely N-dealkylation sites (tertiary alicyclic amines) is 1. The number of H-pyrrole nitrogens is 1. The van der Waals surface area contributed by atoms with E-state index in [-0.39, 0.29) is 4.90 Å². The number of fused-ring (bicyclic) bond motifs is 1. The van der Waals surface area contributed by atoms with Crippen molar-refractivity contribution in [2.75, 3.05) is 12.4 Å². The first-order valence-corrected chi connectivity index (χ1v) is 9.03. The molecule has 30 heavy (non-hydrogen) atoms. The summed E-state index contributed by atoms with van der Waals surface area (Å²) in [6.45, 7) is 2.81. The number of anilines is 1. The number of aliphatic hydroxyl groups is 6. The molecule has 0 aliphatic carbocycles. The van der Waals surface area contributed by atoms with Gasteiger partial charge in [-0.3, -0.25) is 9.69 Å². The fourth-order valence-electron chi connectivity index (χ4n) is 4.15. The van der Waals surface area contributed by atoms with Crippen molar-refractivity contribution in [2.45, 2.75) is 50.1 Å². The number of likely N-dealkylation sites (N-methyl/N-ethyl adjacent to an activating group) is 1. The highest BCUT2D eigenvalue weighted by Gasteiger charge is 2.72. The number of carbonyl (C=O) groups excluding carboxylic acids is 1. The van der Waals surface area contributed by atoms with Crippen molar-refractivity contribution in [1.29, 1.82) is 5.26 Å². The number of hydrogen-bond donors (Lipinski definition) is 8. The van der Waals surface area contributed by atoms with Crippen LogP contribution in [-0.2, 0) is 4.79 Å². The Labute approximate surface area is 171 Å². The van der Waals surface area contributed by atoms with Crippen LogP contribution in [0, 0.1) is 17.2 Å². The molecule has 0 spiro atoms. The van der Waals surface area contributed by atoms with E-state index >= 15 is 0 Å². The number of nitrogens with zero attached hydrogens (tertiary/aromatic N) is 4. The van der Waals surface area contributed by atoms with Gasteiger partial charge in [0.1, 0.15) is 24.2 Å². The first-order valence-electron chi connectivity index (χ1n) is 9.03. The Morgan fingerprint density at radius 3 is 2.57 bits per heavy atom. The lowest BCUT2D eigenvalue weighted by Gasteiger charge is -2.59. The summed E-state index contributed by atoms with van der Waals surface area (Å²) in [5.41, 5.74) is 0.590. The predicted molar refractivity (Wildman–Crippen MR) is 99.6 cm³/mol. The standard InChI is InChI=1S/C17H24N6O7/c1-8-12(22(3)14-10-5-7-19-13(10)20-9(2)21-14)16(27,28)23(11(24)4-6-18)17(29,30)15(8,25)26/h5,7-8,12,14,19,25-30H,4H2,1-3H3,(H,20,21). The minimum Gasteiger partial charge on any atom is -0.360 e. The van der Waals surface area contributed by atoms with Crippen molar-refractivity contribution < 1.29 is 35.4 Å². The molecule has 0 bridgehead atoms. The van der Waals surface area contributed by atoms with Crippen LogP contribution in [0.4, 0.5) is 5.82 Å². The van der Waals surface area contributed by atoms with Crippen LogP contribution < -0.4 is 5.32 Å². The largest absolute Gasteiger partial charge is 0.360 e. The molecule has 8 N–H and O–H groups in total. The molecule has 3 atom stereocenters. The molecule has 0 aromatic carbocycles. The van der Waals surface area contributed by atoms with Crippen molar-refractivity contribution in [3.8, 4) is 6.07 Å². The number of aromatic amines is 1. The Morgan fingerprint density at radius 1 is 1.33 bits per heavy atom. The van der Waals surface area contributed by atoms with Crippen LogP contribution in [0.3, 0.4) is 0 Å². The van der Waals surface area contributed by atoms with Gasteiger partial charge < -0.3 is 40.9 Å². The molecule has 0 radical (unpaired) electrons. The molecule has 1 fully saturated rings. The molecule has 3 unspecified atom stereocenters. The number of aliphatic imine (C=N–C) groups is 1. The normalized spacial score (nSPS) is 28.9. The van der Waals surface area contributed by atoms with E-state index in [1.54, 1.807) is 19.2 Å². The smallest absolute Gasteiger partial charge is 0.310 e. The second kappa shape index (κ2) is 7.00. The Kier molecular flexibility index (Phi) is 5.16. The third kappa shape index (κ3) is 2.97. The maximum Gasteiger partial charge on any atom is 0.310 e. The van der Waals surface area contributed by atoms with Crippen molar-refractivity contribution >= 4 is 17.6 Å². The zero-order chi connectivity index (χ0) is 22.6. The molecule has 2 aliphatic heterocycles. The number of amides is 1. The second-order valence-corrected chi connectivity index (χ2v) is 7.53. The maximum absolute atomic E-state index is 12.4. The number of piperidine rings is 1. The number of nitriles is 1. The molecule has 1 saturated heterocycles. The monoisotopic (exact) mass is 424 g/mol. The molecule has 0 saturated carbocycles. The SMILES string of the molecule is CC1=NC(N(C)C2C(C)C(O)(O)C(O)(O)N(C(=O)CC#N)C2(O)O)c2cc[nH]c2N1. The van der Waals surface area contributed by atoms with Gasteiger partial charge in [-0.15, -0.1) is 0 Å². The van der Waals surface area contributed by atoms with E-state index in [0.29, 0.717) is 17.2 Å². The van der Waals surface area contributed by atoms with E-state index in [0.717, 1.165) is 6.92 Å². The van der Waals surface area contributed by atoms with Gasteiger partial charge in [0.05, 0.1) is 12.1 Å². The van der Waals surface area contributed by atoms with E-state index in [2.05, 4.69) is 15.3 Å². The van der Waals surface area contributed by atoms with Gasteiger partial charge in [0.2, 0.25) is 11.7 Å². The fourth-order valence-corrected chi connectivity index (χ4v) is 4.15. The molecule has 164 valence electrons. The van der Waals surface area contributed by atoms with E-state index in [1.165, 1.54) is 18.0 Å². The summed E-state index contributed by atoms with van der Waals surface area (Å²) in [4.78, 5) is 20.7. The zero-order valence-corrected chi connectivity index (χ0v) is 16.5. The summed E-state index contributed by atoms with van der Waals surface area (Å²) in [5, 5.41) is 75.2. The van der Waals surface area contributed by atoms with E-state index in [9.17, 15) is 35.4 Å². The van der Waals surface area contributed by atoms with Crippen LogP contribution in [0.15, 0.2) is 17.3 Å². The van der Waals surface area contributed by atoms with E-state index in [4.69, 9.17) is 5.26 Å². The van der Waals surface area contributed by atoms with E-state index < -0.39 is 48.1 Å². The van der Waals surface area contributed by atoms with Gasteiger partial charge in [0, 0.05) is 17.7 Å². The number of rotatable bonds is 3. The van der Waals surface area contributed by atoms with Crippen molar-refractivity contribution in [1.82, 2.24) is 14.8 Å². The Hall–Kier alpha value is -2.57. The van der Waals surface area contributed by atoms with Gasteiger partial charge in [0.25, 0.3) is 5.91 Å². The average molecular weight is 424 g/mol. The van der Waals surface area contributed by atoms with Crippen LogP contribution in [0.1, 0.15) is 32.0 Å². The Morgan fingerprint density at radius 2 is 1.97 bits per heavy atom. The minimum absolute atomic E-state index is 0.305. The molecule has 3 rings (SSSR count). The molecule has 1 aromatic heterocycles. The van der Waals surface area contributed by atoms with Crippen LogP contribution >= 0.6 is 0 Å². The molecule has 1 amide bonds. The summed E-state index contributed by atoms with van der Waals surface area (Å²) in [6, 6.07) is 1.46. The van der Waals surface area contributed by atoms with Crippen LogP contribution in [0.25, 0.3) is 0 Å². The third-order valence-electron chi connectivity index (χ3n) is 5.62. The topological polar surface area (TPSA) is 209 Å². The quantitative estimate of drug-likeness (QED) is 0.239. The molecule has 3 heterocycles. The number of hydrogen-bond acceptors (Lipinski definition) is 11. The molecule has 13 heteroatoms. The van der Waals surface area contributed by atoms with Gasteiger partial charge in [-0.05, 0) is 20.0 Å². The van der Waals surface area contributed by atoms with Crippen LogP contribution in [-0.4, -0.2) is 87.9 Å². The summed E-state index contributed by atoms with van der Waals surface area (Å²) in [5.74, 6) is -12.5. The van der Waals surface area contributed by atoms with Crippen LogP contribution in [0.2, 0.25) is 0 Å². The van der Waals surface area contributed by atoms with Gasteiger partial charge in [0.15, 0.2) is 0 Å². The first-order chi connectivity index (χ1) is 13.8. The lowest BCUT2D eigenvalue weighted by atomic mass is 9.80. The van der Waals surface area contributed by atoms with Crippen molar-refractivity contribution in [3.63, 3.8) is 0 Å². The predicted octanol–water partition coefficient (Wildman–Crippen LogP) is -2.49. The summed E-state index contributed by atoms with van der Waals surface area (Å²) >= 11 is 0. The highest BCUT2D eigenvalue weighted by Crippen LogP contribution is 2.47. The lowest BCUT2D eigenvalue weighted by molar-refractivity contribution is -0.503. The van der Waals surface area contributed by atoms with Gasteiger partial charge in [-0.1, -0.05) is 6.92 Å². The van der Waals surface area contributed by atoms with Crippen LogP contribution in [0.5, 0.6) is 0 Å². The van der Waals surface area contributed by atoms with Gasteiger partial charge >= 0.3 is 5.91 Å². The molecule has 13 nitrogen and oxygen atoms in total. The number of amidine groups is 1. The van der Waals surface area contributed by atoms with Crippen molar-refractivity contribution in [3.05, 3.63) is 17.8 Å². The summed E-state index contributed by atoms with van der Waals surface area (Å²) in [6.07, 6.45) is -0.203. The average Bonchev–Trinajstić information content (AvgIpc) is 3.07. The van der Waals surface area contributed by atoms with Gasteiger partial charge in [-0.2, -0.15) is 5.26 Å². The fraction of sp³-hybridized carbons (Fsp3) is 0.588. The van der Waals surface area contributed by atoms with Crippen molar-refractivity contribution in [2.24, 2.45) is 10.9 Å². The highest BCUT2D eigenvalue weighted by atomic mass is 16.6. The zero-order valence-electron chi connectivity index (χ0n) is 16.5. The first kappa shape index (κ1) is 22.1. The summed E-state index contributed by atoms with van der Waals surface area (Å²) in [7, 11) is 1.40. The second-order valence-electron chi connectivity index (χ2n) is 7.53. The number of carbonyl (C=O) groups is 1. The maximum atomic E-state index is 12.4.